The molecule has 0 atom stereocenters. The molecule has 0 unspecified atom stereocenters. The molecule has 1 aliphatic heterocycles. The van der Waals surface area contributed by atoms with Gasteiger partial charge in [-0.3, -0.25) is 0 Å². The molecule has 0 bridgehead atoms. The molecule has 0 spiro atoms. The van der Waals surface area contributed by atoms with Crippen LogP contribution in [0.3, 0.4) is 0 Å². The van der Waals surface area contributed by atoms with E-state index in [1.165, 1.54) is 10.4 Å². The molecule has 3 rings (SSSR count). The summed E-state index contributed by atoms with van der Waals surface area (Å²) in [5.41, 5.74) is 3.41. The SMILES string of the molecule is Cc1cc2c(cc1-c1nc(C)c(C)s1)OCCO2. The lowest BCUT2D eigenvalue weighted by Gasteiger charge is -2.19. The van der Waals surface area contributed by atoms with Crippen LogP contribution in [0.2, 0.25) is 0 Å². The smallest absolute Gasteiger partial charge is 0.162 e. The summed E-state index contributed by atoms with van der Waals surface area (Å²) in [5.74, 6) is 1.67. The molecule has 2 aromatic rings. The zero-order valence-electron chi connectivity index (χ0n) is 10.7. The largest absolute Gasteiger partial charge is 0.486 e. The van der Waals surface area contributed by atoms with Crippen molar-refractivity contribution in [1.82, 2.24) is 4.98 Å². The second-order valence-electron chi connectivity index (χ2n) is 4.47. The van der Waals surface area contributed by atoms with Gasteiger partial charge in [0.1, 0.15) is 18.2 Å². The number of nitrogens with zero attached hydrogens (tertiary/aromatic N) is 1. The maximum absolute atomic E-state index is 5.63. The molecule has 0 amide bonds. The highest BCUT2D eigenvalue weighted by molar-refractivity contribution is 7.15. The molecule has 1 aromatic heterocycles. The van der Waals surface area contributed by atoms with Crippen LogP contribution in [0.25, 0.3) is 10.6 Å². The van der Waals surface area contributed by atoms with Gasteiger partial charge in [-0.05, 0) is 38.5 Å². The minimum atomic E-state index is 0.616. The Kier molecular flexibility index (Phi) is 2.74. The van der Waals surface area contributed by atoms with Gasteiger partial charge in [-0.2, -0.15) is 0 Å². The van der Waals surface area contributed by atoms with Gasteiger partial charge in [0.2, 0.25) is 0 Å². The summed E-state index contributed by atoms with van der Waals surface area (Å²) >= 11 is 1.72. The minimum Gasteiger partial charge on any atom is -0.486 e. The van der Waals surface area contributed by atoms with Gasteiger partial charge in [0.05, 0.1) is 5.69 Å². The van der Waals surface area contributed by atoms with Crippen molar-refractivity contribution < 1.29 is 9.47 Å². The molecular formula is C14H15NO2S. The van der Waals surface area contributed by atoms with Crippen LogP contribution in [-0.2, 0) is 0 Å². The Morgan fingerprint density at radius 2 is 1.72 bits per heavy atom. The Balaban J connectivity index is 2.11. The zero-order valence-corrected chi connectivity index (χ0v) is 11.6. The lowest BCUT2D eigenvalue weighted by atomic mass is 10.1. The fourth-order valence-corrected chi connectivity index (χ4v) is 3.00. The molecule has 2 heterocycles. The van der Waals surface area contributed by atoms with Crippen LogP contribution in [-0.4, -0.2) is 18.2 Å². The van der Waals surface area contributed by atoms with Crippen LogP contribution < -0.4 is 9.47 Å². The lowest BCUT2D eigenvalue weighted by Crippen LogP contribution is -2.15. The van der Waals surface area contributed by atoms with E-state index in [-0.39, 0.29) is 0 Å². The number of rotatable bonds is 1. The van der Waals surface area contributed by atoms with Gasteiger partial charge in [0, 0.05) is 10.4 Å². The van der Waals surface area contributed by atoms with Crippen LogP contribution in [0, 0.1) is 20.8 Å². The average Bonchev–Trinajstić information content (AvgIpc) is 2.68. The van der Waals surface area contributed by atoms with Gasteiger partial charge < -0.3 is 9.47 Å². The zero-order chi connectivity index (χ0) is 12.7. The molecule has 1 aromatic carbocycles. The highest BCUT2D eigenvalue weighted by Gasteiger charge is 2.17. The van der Waals surface area contributed by atoms with Crippen molar-refractivity contribution in [2.75, 3.05) is 13.2 Å². The van der Waals surface area contributed by atoms with E-state index in [1.54, 1.807) is 11.3 Å². The number of ether oxygens (including phenoxy) is 2. The first-order valence-electron chi connectivity index (χ1n) is 6.00. The molecule has 0 N–H and O–H groups in total. The van der Waals surface area contributed by atoms with Crippen LogP contribution >= 0.6 is 11.3 Å². The number of aromatic nitrogens is 1. The predicted octanol–water partition coefficient (Wildman–Crippen LogP) is 3.51. The monoisotopic (exact) mass is 261 g/mol. The van der Waals surface area contributed by atoms with Crippen LogP contribution in [0.4, 0.5) is 0 Å². The summed E-state index contributed by atoms with van der Waals surface area (Å²) in [4.78, 5) is 5.88. The van der Waals surface area contributed by atoms with Crippen molar-refractivity contribution in [3.63, 3.8) is 0 Å². The van der Waals surface area contributed by atoms with Gasteiger partial charge in [-0.25, -0.2) is 4.98 Å². The molecule has 1 aliphatic rings. The molecule has 0 radical (unpaired) electrons. The Morgan fingerprint density at radius 3 is 2.33 bits per heavy atom. The quantitative estimate of drug-likeness (QED) is 0.787. The van der Waals surface area contributed by atoms with Gasteiger partial charge >= 0.3 is 0 Å². The van der Waals surface area contributed by atoms with Gasteiger partial charge in [0.25, 0.3) is 0 Å². The van der Waals surface area contributed by atoms with Gasteiger partial charge in [-0.15, -0.1) is 11.3 Å². The molecule has 3 nitrogen and oxygen atoms in total. The Bertz CT molecular complexity index is 585. The van der Waals surface area contributed by atoms with E-state index in [9.17, 15) is 0 Å². The maximum Gasteiger partial charge on any atom is 0.162 e. The fraction of sp³-hybridized carbons (Fsp3) is 0.357. The second-order valence-corrected chi connectivity index (χ2v) is 5.67. The third kappa shape index (κ3) is 1.86. The van der Waals surface area contributed by atoms with Gasteiger partial charge in [-0.1, -0.05) is 0 Å². The number of thiazole rings is 1. The topological polar surface area (TPSA) is 31.4 Å². The molecular weight excluding hydrogens is 246 g/mol. The first-order valence-corrected chi connectivity index (χ1v) is 6.81. The van der Waals surface area contributed by atoms with E-state index >= 15 is 0 Å². The lowest BCUT2D eigenvalue weighted by molar-refractivity contribution is 0.171. The molecule has 0 fully saturated rings. The summed E-state index contributed by atoms with van der Waals surface area (Å²) in [7, 11) is 0. The highest BCUT2D eigenvalue weighted by Crippen LogP contribution is 2.38. The molecule has 4 heteroatoms. The number of hydrogen-bond donors (Lipinski definition) is 0. The van der Waals surface area contributed by atoms with Crippen molar-refractivity contribution in [3.8, 4) is 22.1 Å². The normalized spacial score (nSPS) is 13.7. The molecule has 0 saturated carbocycles. The van der Waals surface area contributed by atoms with Crippen molar-refractivity contribution in [3.05, 3.63) is 28.3 Å². The Morgan fingerprint density at radius 1 is 1.06 bits per heavy atom. The van der Waals surface area contributed by atoms with Crippen molar-refractivity contribution >= 4 is 11.3 Å². The van der Waals surface area contributed by atoms with Crippen LogP contribution in [0.1, 0.15) is 16.1 Å². The number of benzene rings is 1. The third-order valence-corrected chi connectivity index (χ3v) is 4.25. The van der Waals surface area contributed by atoms with Gasteiger partial charge in [0.15, 0.2) is 11.5 Å². The van der Waals surface area contributed by atoms with E-state index in [1.807, 2.05) is 19.1 Å². The molecule has 0 aliphatic carbocycles. The van der Waals surface area contributed by atoms with E-state index in [0.717, 1.165) is 27.8 Å². The summed E-state index contributed by atoms with van der Waals surface area (Å²) in [6.07, 6.45) is 0. The van der Waals surface area contributed by atoms with Crippen molar-refractivity contribution in [2.24, 2.45) is 0 Å². The summed E-state index contributed by atoms with van der Waals surface area (Å²) in [5, 5.41) is 1.06. The van der Waals surface area contributed by atoms with E-state index in [0.29, 0.717) is 13.2 Å². The van der Waals surface area contributed by atoms with E-state index in [4.69, 9.17) is 9.47 Å². The Labute approximate surface area is 110 Å². The first kappa shape index (κ1) is 11.5. The second kappa shape index (κ2) is 4.28. The molecule has 18 heavy (non-hydrogen) atoms. The average molecular weight is 261 g/mol. The molecule has 0 saturated heterocycles. The first-order chi connectivity index (χ1) is 8.65. The number of hydrogen-bond acceptors (Lipinski definition) is 4. The van der Waals surface area contributed by atoms with E-state index in [2.05, 4.69) is 18.8 Å². The highest BCUT2D eigenvalue weighted by atomic mass is 32.1. The summed E-state index contributed by atoms with van der Waals surface area (Å²) < 4.78 is 11.2. The predicted molar refractivity (Wildman–Crippen MR) is 72.8 cm³/mol. The van der Waals surface area contributed by atoms with Crippen molar-refractivity contribution in [2.45, 2.75) is 20.8 Å². The maximum atomic E-state index is 5.63. The van der Waals surface area contributed by atoms with Crippen LogP contribution in [0.5, 0.6) is 11.5 Å². The van der Waals surface area contributed by atoms with Crippen LogP contribution in [0.15, 0.2) is 12.1 Å². The third-order valence-electron chi connectivity index (χ3n) is 3.15. The molecule has 94 valence electrons. The number of fused-ring (bicyclic) bond motifs is 1. The standard InChI is InChI=1S/C14H15NO2S/c1-8-6-12-13(17-5-4-16-12)7-11(8)14-15-9(2)10(3)18-14/h6-7H,4-5H2,1-3H3. The van der Waals surface area contributed by atoms with Crippen molar-refractivity contribution in [1.29, 1.82) is 0 Å². The Hall–Kier alpha value is -1.55. The summed E-state index contributed by atoms with van der Waals surface area (Å²) in [6, 6.07) is 4.08. The summed E-state index contributed by atoms with van der Waals surface area (Å²) in [6.45, 7) is 7.47. The number of aryl methyl sites for hydroxylation is 3. The minimum absolute atomic E-state index is 0.616. The fourth-order valence-electron chi connectivity index (χ4n) is 2.01. The van der Waals surface area contributed by atoms with E-state index < -0.39 is 0 Å².